The van der Waals surface area contributed by atoms with Gasteiger partial charge in [-0.3, -0.25) is 4.79 Å². The van der Waals surface area contributed by atoms with Crippen LogP contribution in [0, 0.1) is 0 Å². The van der Waals surface area contributed by atoms with Crippen molar-refractivity contribution in [3.05, 3.63) is 0 Å². The van der Waals surface area contributed by atoms with Crippen LogP contribution in [0.25, 0.3) is 0 Å². The van der Waals surface area contributed by atoms with Gasteiger partial charge in [0, 0.05) is 6.42 Å². The predicted octanol–water partition coefficient (Wildman–Crippen LogP) is -0.199. The first-order valence-electron chi connectivity index (χ1n) is 3.00. The van der Waals surface area contributed by atoms with Crippen LogP contribution in [0.5, 0.6) is 0 Å². The van der Waals surface area contributed by atoms with Gasteiger partial charge in [-0.25, -0.2) is 0 Å². The summed E-state index contributed by atoms with van der Waals surface area (Å²) in [6, 6.07) is 0. The smallest absolute Gasteiger partial charge is 0.305 e. The number of aliphatic carboxylic acids is 1. The molecule has 0 radical (unpaired) electrons. The van der Waals surface area contributed by atoms with E-state index in [1.807, 2.05) is 0 Å². The van der Waals surface area contributed by atoms with Gasteiger partial charge in [0.1, 0.15) is 6.29 Å². The maximum Gasteiger partial charge on any atom is 0.305 e. The van der Waals surface area contributed by atoms with Gasteiger partial charge in [-0.05, 0) is 6.42 Å². The standard InChI is InChI=1S/C6H10O4/c7-3-1-2-5(8)4-6(9)10/h3,5,8H,1-2,4H2,(H,9,10)/t5-/m1/s1. The molecule has 0 aliphatic heterocycles. The molecular formula is C6H10O4. The van der Waals surface area contributed by atoms with Crippen molar-refractivity contribution in [1.82, 2.24) is 0 Å². The van der Waals surface area contributed by atoms with Gasteiger partial charge < -0.3 is 15.0 Å². The van der Waals surface area contributed by atoms with E-state index < -0.39 is 12.1 Å². The van der Waals surface area contributed by atoms with Crippen molar-refractivity contribution in [1.29, 1.82) is 0 Å². The number of carboxylic acids is 1. The number of aldehydes is 1. The van der Waals surface area contributed by atoms with Crippen LogP contribution >= 0.6 is 0 Å². The highest BCUT2D eigenvalue weighted by atomic mass is 16.4. The lowest BCUT2D eigenvalue weighted by atomic mass is 10.1. The summed E-state index contributed by atoms with van der Waals surface area (Å²) in [5, 5.41) is 16.9. The molecule has 0 unspecified atom stereocenters. The maximum absolute atomic E-state index is 9.92. The molecule has 58 valence electrons. The van der Waals surface area contributed by atoms with Gasteiger partial charge in [0.15, 0.2) is 0 Å². The molecule has 0 aromatic rings. The van der Waals surface area contributed by atoms with E-state index in [0.29, 0.717) is 6.29 Å². The topological polar surface area (TPSA) is 74.6 Å². The molecule has 0 fully saturated rings. The second-order valence-electron chi connectivity index (χ2n) is 2.00. The molecular weight excluding hydrogens is 136 g/mol. The molecule has 0 heterocycles. The zero-order valence-corrected chi connectivity index (χ0v) is 5.49. The highest BCUT2D eigenvalue weighted by Crippen LogP contribution is 1.99. The van der Waals surface area contributed by atoms with Crippen molar-refractivity contribution in [2.75, 3.05) is 0 Å². The van der Waals surface area contributed by atoms with Crippen LogP contribution in [0.3, 0.4) is 0 Å². The first-order chi connectivity index (χ1) is 4.66. The first kappa shape index (κ1) is 9.10. The molecule has 4 nitrogen and oxygen atoms in total. The molecule has 0 bridgehead atoms. The molecule has 2 N–H and O–H groups in total. The normalized spacial score (nSPS) is 12.5. The lowest BCUT2D eigenvalue weighted by Crippen LogP contribution is -2.12. The largest absolute Gasteiger partial charge is 0.481 e. The average molecular weight is 146 g/mol. The molecule has 0 aliphatic rings. The Hall–Kier alpha value is -0.900. The van der Waals surface area contributed by atoms with Gasteiger partial charge in [-0.15, -0.1) is 0 Å². The third kappa shape index (κ3) is 5.24. The summed E-state index contributed by atoms with van der Waals surface area (Å²) < 4.78 is 0. The number of aliphatic hydroxyl groups is 1. The molecule has 0 saturated heterocycles. The van der Waals surface area contributed by atoms with E-state index in [1.165, 1.54) is 0 Å². The second-order valence-corrected chi connectivity index (χ2v) is 2.00. The van der Waals surface area contributed by atoms with Crippen LogP contribution in [0.15, 0.2) is 0 Å². The fourth-order valence-electron chi connectivity index (χ4n) is 0.564. The number of carboxylic acid groups (broad SMARTS) is 1. The Morgan fingerprint density at radius 3 is 2.60 bits per heavy atom. The SMILES string of the molecule is O=CCC[C@@H](O)CC(=O)O. The van der Waals surface area contributed by atoms with E-state index in [4.69, 9.17) is 10.2 Å². The molecule has 0 aromatic carbocycles. The molecule has 0 aromatic heterocycles. The third-order valence-corrected chi connectivity index (χ3v) is 1.03. The Bertz CT molecular complexity index is 121. The Morgan fingerprint density at radius 2 is 2.20 bits per heavy atom. The summed E-state index contributed by atoms with van der Waals surface area (Å²) in [5.41, 5.74) is 0. The van der Waals surface area contributed by atoms with Gasteiger partial charge in [0.05, 0.1) is 12.5 Å². The number of hydrogen-bond acceptors (Lipinski definition) is 3. The van der Waals surface area contributed by atoms with E-state index in [9.17, 15) is 9.59 Å². The lowest BCUT2D eigenvalue weighted by molar-refractivity contribution is -0.139. The molecule has 0 saturated carbocycles. The van der Waals surface area contributed by atoms with E-state index in [-0.39, 0.29) is 19.3 Å². The number of aliphatic hydroxyl groups excluding tert-OH is 1. The van der Waals surface area contributed by atoms with Crippen LogP contribution in [-0.2, 0) is 9.59 Å². The van der Waals surface area contributed by atoms with Gasteiger partial charge in [-0.1, -0.05) is 0 Å². The van der Waals surface area contributed by atoms with Gasteiger partial charge in [-0.2, -0.15) is 0 Å². The minimum Gasteiger partial charge on any atom is -0.481 e. The Morgan fingerprint density at radius 1 is 1.60 bits per heavy atom. The summed E-state index contributed by atoms with van der Waals surface area (Å²) in [7, 11) is 0. The molecule has 4 heteroatoms. The molecule has 10 heavy (non-hydrogen) atoms. The van der Waals surface area contributed by atoms with E-state index in [1.54, 1.807) is 0 Å². The highest BCUT2D eigenvalue weighted by molar-refractivity contribution is 5.67. The van der Waals surface area contributed by atoms with Crippen molar-refractivity contribution >= 4 is 12.3 Å². The summed E-state index contributed by atoms with van der Waals surface area (Å²) >= 11 is 0. The minimum absolute atomic E-state index is 0.217. The van der Waals surface area contributed by atoms with Crippen LogP contribution in [-0.4, -0.2) is 28.6 Å². The summed E-state index contributed by atoms with van der Waals surface area (Å²) in [5.74, 6) is -1.04. The summed E-state index contributed by atoms with van der Waals surface area (Å²) in [4.78, 5) is 19.7. The maximum atomic E-state index is 9.92. The first-order valence-corrected chi connectivity index (χ1v) is 3.00. The Kier molecular flexibility index (Phi) is 4.49. The predicted molar refractivity (Wildman–Crippen MR) is 33.6 cm³/mol. The van der Waals surface area contributed by atoms with Crippen LogP contribution in [0.4, 0.5) is 0 Å². The monoisotopic (exact) mass is 146 g/mol. The molecule has 0 aliphatic carbocycles. The highest BCUT2D eigenvalue weighted by Gasteiger charge is 2.07. The van der Waals surface area contributed by atoms with E-state index >= 15 is 0 Å². The number of carbonyl (C=O) groups is 2. The van der Waals surface area contributed by atoms with Crippen molar-refractivity contribution in [3.63, 3.8) is 0 Å². The van der Waals surface area contributed by atoms with E-state index in [2.05, 4.69) is 0 Å². The molecule has 0 spiro atoms. The summed E-state index contributed by atoms with van der Waals surface area (Å²) in [6.07, 6.45) is -0.0638. The van der Waals surface area contributed by atoms with Crippen LogP contribution in [0.1, 0.15) is 19.3 Å². The van der Waals surface area contributed by atoms with Crippen LogP contribution in [0.2, 0.25) is 0 Å². The Balaban J connectivity index is 3.33. The fraction of sp³-hybridized carbons (Fsp3) is 0.667. The molecule has 0 rings (SSSR count). The quantitative estimate of drug-likeness (QED) is 0.527. The van der Waals surface area contributed by atoms with E-state index in [0.717, 1.165) is 0 Å². The van der Waals surface area contributed by atoms with Gasteiger partial charge >= 0.3 is 5.97 Å². The van der Waals surface area contributed by atoms with Crippen molar-refractivity contribution in [2.45, 2.75) is 25.4 Å². The number of hydrogen-bond donors (Lipinski definition) is 2. The van der Waals surface area contributed by atoms with Crippen molar-refractivity contribution < 1.29 is 19.8 Å². The second kappa shape index (κ2) is 4.93. The summed E-state index contributed by atoms with van der Waals surface area (Å²) in [6.45, 7) is 0. The zero-order valence-electron chi connectivity index (χ0n) is 5.49. The van der Waals surface area contributed by atoms with Crippen molar-refractivity contribution in [3.8, 4) is 0 Å². The average Bonchev–Trinajstić information content (AvgIpc) is 1.82. The minimum atomic E-state index is -1.04. The lowest BCUT2D eigenvalue weighted by Gasteiger charge is -2.02. The van der Waals surface area contributed by atoms with Gasteiger partial charge in [0.25, 0.3) is 0 Å². The Labute approximate surface area is 58.5 Å². The van der Waals surface area contributed by atoms with Crippen LogP contribution < -0.4 is 0 Å². The van der Waals surface area contributed by atoms with Gasteiger partial charge in [0.2, 0.25) is 0 Å². The van der Waals surface area contributed by atoms with Crippen molar-refractivity contribution in [2.24, 2.45) is 0 Å². The zero-order chi connectivity index (χ0) is 7.98. The molecule has 1 atom stereocenters. The third-order valence-electron chi connectivity index (χ3n) is 1.03. The molecule has 0 amide bonds. The fourth-order valence-corrected chi connectivity index (χ4v) is 0.564. The number of carbonyl (C=O) groups excluding carboxylic acids is 1. The number of rotatable bonds is 5.